The van der Waals surface area contributed by atoms with Crippen LogP contribution >= 0.6 is 12.4 Å². The van der Waals surface area contributed by atoms with Gasteiger partial charge >= 0.3 is 0 Å². The second kappa shape index (κ2) is 9.96. The highest BCUT2D eigenvalue weighted by Gasteiger charge is 2.33. The molecule has 7 heteroatoms. The fraction of sp³-hybridized carbons (Fsp3) is 0.409. The average Bonchev–Trinajstić information content (AvgIpc) is 2.97. The number of fused-ring (bicyclic) bond motifs is 1. The van der Waals surface area contributed by atoms with Crippen molar-refractivity contribution in [1.82, 2.24) is 4.90 Å². The minimum atomic E-state index is -0.0287. The van der Waals surface area contributed by atoms with Crippen LogP contribution in [0.1, 0.15) is 17.9 Å². The molecule has 0 aromatic heterocycles. The standard InChI is InChI=1S/C22H27N3O3.ClH/c23-12-17-13-25(14-19(17)16-5-2-1-3-6-16)15-22(26)24-18-7-8-20-21(11-18)28-10-4-9-27-20;/h1-3,5-8,11,17,19H,4,9-10,12-15,23H2,(H,24,26);1H/t17-,19+;/m1./s1. The Morgan fingerprint density at radius 2 is 1.83 bits per heavy atom. The second-order valence-electron chi connectivity index (χ2n) is 7.47. The van der Waals surface area contributed by atoms with Gasteiger partial charge in [0.2, 0.25) is 5.91 Å². The van der Waals surface area contributed by atoms with E-state index in [1.165, 1.54) is 5.56 Å². The first-order chi connectivity index (χ1) is 13.7. The molecule has 0 radical (unpaired) electrons. The van der Waals surface area contributed by atoms with Gasteiger partial charge in [0, 0.05) is 37.2 Å². The smallest absolute Gasteiger partial charge is 0.238 e. The van der Waals surface area contributed by atoms with Gasteiger partial charge in [0.05, 0.1) is 19.8 Å². The van der Waals surface area contributed by atoms with E-state index in [2.05, 4.69) is 34.5 Å². The number of benzene rings is 2. The number of amides is 1. The van der Waals surface area contributed by atoms with E-state index in [0.29, 0.717) is 43.9 Å². The normalized spacial score (nSPS) is 21.1. The lowest BCUT2D eigenvalue weighted by molar-refractivity contribution is -0.117. The molecule has 0 bridgehead atoms. The van der Waals surface area contributed by atoms with E-state index < -0.39 is 0 Å². The number of halogens is 1. The van der Waals surface area contributed by atoms with Crippen LogP contribution in [-0.4, -0.2) is 50.2 Å². The highest BCUT2D eigenvalue weighted by atomic mass is 35.5. The van der Waals surface area contributed by atoms with E-state index in [1.807, 2.05) is 24.3 Å². The van der Waals surface area contributed by atoms with Crippen molar-refractivity contribution in [1.29, 1.82) is 0 Å². The van der Waals surface area contributed by atoms with Crippen molar-refractivity contribution < 1.29 is 14.3 Å². The Balaban J connectivity index is 0.00000240. The molecule has 0 unspecified atom stereocenters. The third-order valence-corrected chi connectivity index (χ3v) is 5.45. The van der Waals surface area contributed by atoms with Crippen LogP contribution in [0.15, 0.2) is 48.5 Å². The fourth-order valence-electron chi connectivity index (χ4n) is 4.05. The van der Waals surface area contributed by atoms with Gasteiger partial charge in [0.25, 0.3) is 0 Å². The summed E-state index contributed by atoms with van der Waals surface area (Å²) in [6.45, 7) is 3.94. The maximum Gasteiger partial charge on any atom is 0.238 e. The monoisotopic (exact) mass is 417 g/mol. The lowest BCUT2D eigenvalue weighted by Gasteiger charge is -2.17. The number of nitrogens with zero attached hydrogens (tertiary/aromatic N) is 1. The quantitative estimate of drug-likeness (QED) is 0.782. The summed E-state index contributed by atoms with van der Waals surface area (Å²) < 4.78 is 11.3. The minimum Gasteiger partial charge on any atom is -0.490 e. The number of anilines is 1. The SMILES string of the molecule is Cl.NC[C@@H]1CN(CC(=O)Nc2ccc3c(c2)OCCCO3)C[C@H]1c1ccccc1. The van der Waals surface area contributed by atoms with Crippen LogP contribution in [0.4, 0.5) is 5.69 Å². The Labute approximate surface area is 177 Å². The molecule has 156 valence electrons. The highest BCUT2D eigenvalue weighted by molar-refractivity contribution is 5.92. The first-order valence-corrected chi connectivity index (χ1v) is 9.90. The summed E-state index contributed by atoms with van der Waals surface area (Å²) in [5.74, 6) is 2.12. The number of hydrogen-bond donors (Lipinski definition) is 2. The van der Waals surface area contributed by atoms with Crippen LogP contribution in [0, 0.1) is 5.92 Å². The molecule has 3 N–H and O–H groups in total. The molecule has 6 nitrogen and oxygen atoms in total. The van der Waals surface area contributed by atoms with E-state index in [9.17, 15) is 4.79 Å². The summed E-state index contributed by atoms with van der Waals surface area (Å²) in [6, 6.07) is 16.0. The molecule has 0 spiro atoms. The van der Waals surface area contributed by atoms with Crippen molar-refractivity contribution in [3.63, 3.8) is 0 Å². The van der Waals surface area contributed by atoms with Crippen molar-refractivity contribution >= 4 is 24.0 Å². The van der Waals surface area contributed by atoms with Crippen LogP contribution < -0.4 is 20.5 Å². The topological polar surface area (TPSA) is 76.8 Å². The van der Waals surface area contributed by atoms with Crippen LogP contribution in [-0.2, 0) is 4.79 Å². The van der Waals surface area contributed by atoms with Crippen LogP contribution in [0.5, 0.6) is 11.5 Å². The summed E-state index contributed by atoms with van der Waals surface area (Å²) in [5.41, 5.74) is 8.02. The minimum absolute atomic E-state index is 0. The van der Waals surface area contributed by atoms with Crippen LogP contribution in [0.2, 0.25) is 0 Å². The van der Waals surface area contributed by atoms with Gasteiger partial charge < -0.3 is 20.5 Å². The van der Waals surface area contributed by atoms with E-state index in [4.69, 9.17) is 15.2 Å². The van der Waals surface area contributed by atoms with Gasteiger partial charge in [0.15, 0.2) is 11.5 Å². The summed E-state index contributed by atoms with van der Waals surface area (Å²) in [5, 5.41) is 2.98. The van der Waals surface area contributed by atoms with E-state index in [-0.39, 0.29) is 18.3 Å². The van der Waals surface area contributed by atoms with Gasteiger partial charge in [-0.2, -0.15) is 0 Å². The maximum absolute atomic E-state index is 12.6. The molecule has 4 rings (SSSR count). The number of likely N-dealkylation sites (tertiary alicyclic amines) is 1. The second-order valence-corrected chi connectivity index (χ2v) is 7.47. The number of ether oxygens (including phenoxy) is 2. The van der Waals surface area contributed by atoms with Crippen molar-refractivity contribution in [3.05, 3.63) is 54.1 Å². The van der Waals surface area contributed by atoms with Gasteiger partial charge in [-0.25, -0.2) is 0 Å². The molecule has 2 aliphatic rings. The lowest BCUT2D eigenvalue weighted by Crippen LogP contribution is -2.32. The third-order valence-electron chi connectivity index (χ3n) is 5.45. The summed E-state index contributed by atoms with van der Waals surface area (Å²) in [7, 11) is 0. The molecule has 2 heterocycles. The molecule has 1 fully saturated rings. The molecule has 29 heavy (non-hydrogen) atoms. The third kappa shape index (κ3) is 5.21. The predicted octanol–water partition coefficient (Wildman–Crippen LogP) is 2.88. The first-order valence-electron chi connectivity index (χ1n) is 9.90. The maximum atomic E-state index is 12.6. The largest absolute Gasteiger partial charge is 0.490 e. The van der Waals surface area contributed by atoms with E-state index in [0.717, 1.165) is 30.9 Å². The van der Waals surface area contributed by atoms with Crippen LogP contribution in [0.25, 0.3) is 0 Å². The molecule has 0 aliphatic carbocycles. The molecule has 2 atom stereocenters. The van der Waals surface area contributed by atoms with Crippen molar-refractivity contribution in [3.8, 4) is 11.5 Å². The fourth-order valence-corrected chi connectivity index (χ4v) is 4.05. The number of hydrogen-bond acceptors (Lipinski definition) is 5. The summed E-state index contributed by atoms with van der Waals surface area (Å²) >= 11 is 0. The zero-order valence-corrected chi connectivity index (χ0v) is 17.2. The van der Waals surface area contributed by atoms with Gasteiger partial charge in [0.1, 0.15) is 0 Å². The number of carbonyl (C=O) groups is 1. The number of nitrogens with one attached hydrogen (secondary N) is 1. The summed E-state index contributed by atoms with van der Waals surface area (Å²) in [4.78, 5) is 14.8. The van der Waals surface area contributed by atoms with Crippen molar-refractivity contribution in [2.45, 2.75) is 12.3 Å². The van der Waals surface area contributed by atoms with Gasteiger partial charge in [-0.15, -0.1) is 12.4 Å². The van der Waals surface area contributed by atoms with Crippen molar-refractivity contribution in [2.75, 3.05) is 44.7 Å². The Kier molecular flexibility index (Phi) is 7.36. The molecular formula is C22H28ClN3O3. The molecule has 0 saturated carbocycles. The Bertz CT molecular complexity index is 818. The number of carbonyl (C=O) groups excluding carboxylic acids is 1. The Hall–Kier alpha value is -2.28. The molecular weight excluding hydrogens is 390 g/mol. The van der Waals surface area contributed by atoms with Crippen molar-refractivity contribution in [2.24, 2.45) is 11.7 Å². The highest BCUT2D eigenvalue weighted by Crippen LogP contribution is 2.33. The Morgan fingerprint density at radius 3 is 2.59 bits per heavy atom. The molecule has 2 aromatic rings. The van der Waals surface area contributed by atoms with E-state index in [1.54, 1.807) is 0 Å². The summed E-state index contributed by atoms with van der Waals surface area (Å²) in [6.07, 6.45) is 0.857. The molecule has 2 aliphatic heterocycles. The van der Waals surface area contributed by atoms with E-state index >= 15 is 0 Å². The zero-order valence-electron chi connectivity index (χ0n) is 16.4. The molecule has 1 amide bonds. The lowest BCUT2D eigenvalue weighted by atomic mass is 9.89. The van der Waals surface area contributed by atoms with Gasteiger partial charge in [-0.3, -0.25) is 9.69 Å². The molecule has 2 aromatic carbocycles. The number of rotatable bonds is 5. The average molecular weight is 418 g/mol. The van der Waals surface area contributed by atoms with Crippen LogP contribution in [0.3, 0.4) is 0 Å². The van der Waals surface area contributed by atoms with Gasteiger partial charge in [-0.05, 0) is 30.2 Å². The van der Waals surface area contributed by atoms with Gasteiger partial charge in [-0.1, -0.05) is 30.3 Å². The number of nitrogens with two attached hydrogens (primary N) is 1. The Morgan fingerprint density at radius 1 is 1.07 bits per heavy atom. The predicted molar refractivity (Wildman–Crippen MR) is 116 cm³/mol. The zero-order chi connectivity index (χ0) is 19.3. The molecule has 1 saturated heterocycles. The first kappa shape index (κ1) is 21.4.